The summed E-state index contributed by atoms with van der Waals surface area (Å²) in [5.74, 6) is 0.183. The van der Waals surface area contributed by atoms with Crippen LogP contribution in [0.4, 0.5) is 5.69 Å². The zero-order chi connectivity index (χ0) is 32.6. The highest BCUT2D eigenvalue weighted by Gasteiger charge is 2.35. The third kappa shape index (κ3) is 8.36. The number of sulfonamides is 1. The zero-order valence-corrected chi connectivity index (χ0v) is 27.7. The first kappa shape index (κ1) is 33.8. The number of benzene rings is 3. The number of carbonyl (C=O) groups excluding carboxylic acids is 2. The van der Waals surface area contributed by atoms with Gasteiger partial charge in [-0.2, -0.15) is 0 Å². The molecule has 0 aromatic heterocycles. The Labute approximate surface area is 267 Å². The maximum Gasteiger partial charge on any atom is 0.264 e. The second-order valence-electron chi connectivity index (χ2n) is 11.6. The van der Waals surface area contributed by atoms with Crippen molar-refractivity contribution >= 4 is 27.5 Å². The molecule has 1 aliphatic rings. The third-order valence-electron chi connectivity index (χ3n) is 8.32. The average Bonchev–Trinajstić information content (AvgIpc) is 3.04. The lowest BCUT2D eigenvalue weighted by Gasteiger charge is -2.34. The third-order valence-corrected chi connectivity index (χ3v) is 10.1. The zero-order valence-electron chi connectivity index (χ0n) is 26.9. The molecular formula is C35H45N3O6S. The first-order valence-corrected chi connectivity index (χ1v) is 17.0. The number of anilines is 1. The van der Waals surface area contributed by atoms with Gasteiger partial charge in [-0.1, -0.05) is 62.1 Å². The molecule has 0 bridgehead atoms. The molecule has 2 amide bonds. The Morgan fingerprint density at radius 1 is 0.911 bits per heavy atom. The molecule has 45 heavy (non-hydrogen) atoms. The van der Waals surface area contributed by atoms with Gasteiger partial charge in [0.1, 0.15) is 24.1 Å². The van der Waals surface area contributed by atoms with E-state index in [0.29, 0.717) is 17.9 Å². The average molecular weight is 636 g/mol. The Morgan fingerprint density at radius 2 is 1.60 bits per heavy atom. The van der Waals surface area contributed by atoms with Crippen LogP contribution in [0.2, 0.25) is 0 Å². The Morgan fingerprint density at radius 3 is 2.24 bits per heavy atom. The van der Waals surface area contributed by atoms with Crippen molar-refractivity contribution in [2.45, 2.75) is 82.8 Å². The van der Waals surface area contributed by atoms with Gasteiger partial charge in [-0.25, -0.2) is 8.42 Å². The van der Waals surface area contributed by atoms with Crippen molar-refractivity contribution in [3.63, 3.8) is 0 Å². The van der Waals surface area contributed by atoms with E-state index < -0.39 is 28.5 Å². The Balaban J connectivity index is 1.77. The second-order valence-corrected chi connectivity index (χ2v) is 13.5. The number of carbonyl (C=O) groups is 2. The normalized spacial score (nSPS) is 14.3. The van der Waals surface area contributed by atoms with Crippen LogP contribution < -0.4 is 19.1 Å². The van der Waals surface area contributed by atoms with E-state index in [1.165, 1.54) is 24.1 Å². The summed E-state index contributed by atoms with van der Waals surface area (Å²) in [5, 5.41) is 3.18. The Kier molecular flexibility index (Phi) is 11.5. The van der Waals surface area contributed by atoms with Crippen molar-refractivity contribution < 1.29 is 27.5 Å². The predicted octanol–water partition coefficient (Wildman–Crippen LogP) is 5.77. The minimum absolute atomic E-state index is 0.0471. The number of aryl methyl sites for hydroxylation is 2. The van der Waals surface area contributed by atoms with Crippen molar-refractivity contribution in [3.8, 4) is 11.5 Å². The van der Waals surface area contributed by atoms with Gasteiger partial charge < -0.3 is 19.7 Å². The summed E-state index contributed by atoms with van der Waals surface area (Å²) in [4.78, 5) is 29.8. The van der Waals surface area contributed by atoms with Crippen LogP contribution in [-0.4, -0.2) is 58.0 Å². The van der Waals surface area contributed by atoms with Crippen LogP contribution in [0.3, 0.4) is 0 Å². The number of nitrogens with zero attached hydrogens (tertiary/aromatic N) is 2. The van der Waals surface area contributed by atoms with Crippen molar-refractivity contribution in [3.05, 3.63) is 83.4 Å². The molecule has 10 heteroatoms. The van der Waals surface area contributed by atoms with E-state index in [2.05, 4.69) is 5.32 Å². The standard InChI is InChI=1S/C35H45N3O6S/c1-6-31(35(40)36-28-12-8-7-9-13-28)37(23-27-11-10-14-29(22-27)43-4)34(39)24-38(32-21-26(3)17-20-33(32)44-5)45(41,42)30-18-15-25(2)16-19-30/h10-11,14-22,28,31H,6-9,12-13,23-24H2,1-5H3,(H,36,40). The fourth-order valence-corrected chi connectivity index (χ4v) is 7.19. The van der Waals surface area contributed by atoms with Gasteiger partial charge in [0.2, 0.25) is 11.8 Å². The summed E-state index contributed by atoms with van der Waals surface area (Å²) in [6, 6.07) is 18.3. The molecule has 0 heterocycles. The highest BCUT2D eigenvalue weighted by Crippen LogP contribution is 2.34. The minimum atomic E-state index is -4.22. The highest BCUT2D eigenvalue weighted by atomic mass is 32.2. The summed E-state index contributed by atoms with van der Waals surface area (Å²) in [6.45, 7) is 5.14. The molecule has 1 unspecified atom stereocenters. The summed E-state index contributed by atoms with van der Waals surface area (Å²) < 4.78 is 40.6. The van der Waals surface area contributed by atoms with E-state index in [-0.39, 0.29) is 29.1 Å². The van der Waals surface area contributed by atoms with Crippen molar-refractivity contribution in [1.82, 2.24) is 10.2 Å². The maximum atomic E-state index is 14.5. The van der Waals surface area contributed by atoms with Crippen LogP contribution in [0.15, 0.2) is 71.6 Å². The molecule has 1 fully saturated rings. The monoisotopic (exact) mass is 635 g/mol. The molecule has 3 aromatic carbocycles. The van der Waals surface area contributed by atoms with Gasteiger partial charge >= 0.3 is 0 Å². The number of nitrogens with one attached hydrogen (secondary N) is 1. The van der Waals surface area contributed by atoms with E-state index in [1.54, 1.807) is 31.4 Å². The van der Waals surface area contributed by atoms with Crippen LogP contribution in [0.5, 0.6) is 11.5 Å². The predicted molar refractivity (Wildman–Crippen MR) is 176 cm³/mol. The lowest BCUT2D eigenvalue weighted by molar-refractivity contribution is -0.140. The summed E-state index contributed by atoms with van der Waals surface area (Å²) in [6.07, 6.45) is 5.42. The fraction of sp³-hybridized carbons (Fsp3) is 0.429. The van der Waals surface area contributed by atoms with Gasteiger partial charge in [-0.3, -0.25) is 13.9 Å². The Bertz CT molecular complexity index is 1570. The van der Waals surface area contributed by atoms with E-state index in [1.807, 2.05) is 51.1 Å². The number of hydrogen-bond donors (Lipinski definition) is 1. The Hall–Kier alpha value is -4.05. The smallest absolute Gasteiger partial charge is 0.264 e. The van der Waals surface area contributed by atoms with E-state index >= 15 is 0 Å². The molecule has 0 radical (unpaired) electrons. The molecule has 1 N–H and O–H groups in total. The van der Waals surface area contributed by atoms with Crippen LogP contribution in [0.1, 0.15) is 62.1 Å². The molecule has 1 atom stereocenters. The maximum absolute atomic E-state index is 14.5. The molecule has 1 aliphatic carbocycles. The van der Waals surface area contributed by atoms with Crippen molar-refractivity contribution in [2.24, 2.45) is 0 Å². The molecule has 0 spiro atoms. The molecule has 1 saturated carbocycles. The molecule has 0 saturated heterocycles. The summed E-state index contributed by atoms with van der Waals surface area (Å²) in [7, 11) is -1.19. The first-order valence-electron chi connectivity index (χ1n) is 15.5. The number of methoxy groups -OCH3 is 2. The van der Waals surface area contributed by atoms with Crippen LogP contribution >= 0.6 is 0 Å². The van der Waals surface area contributed by atoms with Gasteiger partial charge in [0.25, 0.3) is 10.0 Å². The first-order chi connectivity index (χ1) is 21.6. The molecule has 3 aromatic rings. The summed E-state index contributed by atoms with van der Waals surface area (Å²) >= 11 is 0. The van der Waals surface area contributed by atoms with Crippen LogP contribution in [-0.2, 0) is 26.2 Å². The van der Waals surface area contributed by atoms with Gasteiger partial charge in [0.05, 0.1) is 24.8 Å². The number of ether oxygens (including phenoxy) is 2. The topological polar surface area (TPSA) is 105 Å². The highest BCUT2D eigenvalue weighted by molar-refractivity contribution is 7.92. The van der Waals surface area contributed by atoms with Gasteiger partial charge in [0, 0.05) is 12.6 Å². The van der Waals surface area contributed by atoms with E-state index in [9.17, 15) is 18.0 Å². The largest absolute Gasteiger partial charge is 0.497 e. The second kappa shape index (κ2) is 15.3. The minimum Gasteiger partial charge on any atom is -0.497 e. The van der Waals surface area contributed by atoms with Gasteiger partial charge in [0.15, 0.2) is 0 Å². The molecule has 9 nitrogen and oxygen atoms in total. The van der Waals surface area contributed by atoms with Crippen LogP contribution in [0.25, 0.3) is 0 Å². The van der Waals surface area contributed by atoms with Gasteiger partial charge in [-0.05, 0) is 80.6 Å². The van der Waals surface area contributed by atoms with Crippen molar-refractivity contribution in [2.75, 3.05) is 25.1 Å². The van der Waals surface area contributed by atoms with E-state index in [0.717, 1.165) is 53.1 Å². The van der Waals surface area contributed by atoms with Crippen LogP contribution in [0, 0.1) is 13.8 Å². The lowest BCUT2D eigenvalue weighted by Crippen LogP contribution is -2.54. The molecule has 0 aliphatic heterocycles. The van der Waals surface area contributed by atoms with Gasteiger partial charge in [-0.15, -0.1) is 0 Å². The SMILES string of the molecule is CCC(C(=O)NC1CCCCC1)N(Cc1cccc(OC)c1)C(=O)CN(c1cc(C)ccc1OC)S(=O)(=O)c1ccc(C)cc1. The quantitative estimate of drug-likeness (QED) is 0.256. The van der Waals surface area contributed by atoms with Crippen molar-refractivity contribution in [1.29, 1.82) is 0 Å². The molecular weight excluding hydrogens is 590 g/mol. The number of amides is 2. The van der Waals surface area contributed by atoms with E-state index in [4.69, 9.17) is 9.47 Å². The fourth-order valence-electron chi connectivity index (χ4n) is 5.78. The lowest BCUT2D eigenvalue weighted by atomic mass is 9.95. The molecule has 4 rings (SSSR count). The summed E-state index contributed by atoms with van der Waals surface area (Å²) in [5.41, 5.74) is 2.71. The number of hydrogen-bond acceptors (Lipinski definition) is 6. The number of rotatable bonds is 13. The molecule has 242 valence electrons.